The lowest BCUT2D eigenvalue weighted by Gasteiger charge is -2.24. The molecule has 0 bridgehead atoms. The lowest BCUT2D eigenvalue weighted by molar-refractivity contribution is 0.0729. The van der Waals surface area contributed by atoms with Gasteiger partial charge >= 0.3 is 0 Å². The van der Waals surface area contributed by atoms with Crippen molar-refractivity contribution in [3.63, 3.8) is 0 Å². The zero-order valence-electron chi connectivity index (χ0n) is 12.1. The number of pyridine rings is 1. The predicted molar refractivity (Wildman–Crippen MR) is 80.2 cm³/mol. The molecule has 1 atom stereocenters. The van der Waals surface area contributed by atoms with Crippen LogP contribution in [0.1, 0.15) is 40.6 Å². The number of likely N-dealkylation sites (tertiary alicyclic amines) is 1. The van der Waals surface area contributed by atoms with Crippen LogP contribution in [0.15, 0.2) is 24.4 Å². The Balaban J connectivity index is 1.94. The van der Waals surface area contributed by atoms with E-state index < -0.39 is 0 Å². The molecule has 2 aromatic heterocycles. The molecule has 0 N–H and O–H groups in total. The molecule has 0 aromatic carbocycles. The molecule has 21 heavy (non-hydrogen) atoms. The first-order valence-electron chi connectivity index (χ1n) is 7.00. The summed E-state index contributed by atoms with van der Waals surface area (Å²) >= 11 is 6.36. The third-order valence-corrected chi connectivity index (χ3v) is 4.38. The zero-order chi connectivity index (χ0) is 15.0. The van der Waals surface area contributed by atoms with E-state index in [0.29, 0.717) is 10.8 Å². The number of amides is 1. The van der Waals surface area contributed by atoms with Gasteiger partial charge in [0.2, 0.25) is 0 Å². The number of nitrogens with zero attached hydrogens (tertiary/aromatic N) is 4. The van der Waals surface area contributed by atoms with Crippen LogP contribution in [0.2, 0.25) is 5.15 Å². The molecule has 1 unspecified atom stereocenters. The molecule has 1 amide bonds. The molecule has 1 saturated heterocycles. The third kappa shape index (κ3) is 2.42. The van der Waals surface area contributed by atoms with E-state index in [1.54, 1.807) is 23.0 Å². The first kappa shape index (κ1) is 14.1. The number of halogens is 1. The van der Waals surface area contributed by atoms with Gasteiger partial charge in [-0.2, -0.15) is 5.10 Å². The summed E-state index contributed by atoms with van der Waals surface area (Å²) in [5, 5.41) is 4.96. The number of aromatic nitrogens is 3. The van der Waals surface area contributed by atoms with Crippen LogP contribution < -0.4 is 0 Å². The van der Waals surface area contributed by atoms with Crippen molar-refractivity contribution < 1.29 is 4.79 Å². The first-order valence-corrected chi connectivity index (χ1v) is 7.38. The Morgan fingerprint density at radius 3 is 2.86 bits per heavy atom. The Kier molecular flexibility index (Phi) is 3.68. The topological polar surface area (TPSA) is 51.0 Å². The molecule has 0 spiro atoms. The molecule has 1 aliphatic rings. The summed E-state index contributed by atoms with van der Waals surface area (Å²) in [5.41, 5.74) is 2.32. The van der Waals surface area contributed by atoms with Gasteiger partial charge in [0, 0.05) is 25.4 Å². The van der Waals surface area contributed by atoms with Gasteiger partial charge in [-0.15, -0.1) is 0 Å². The van der Waals surface area contributed by atoms with Crippen molar-refractivity contribution >= 4 is 17.5 Å². The molecule has 1 aliphatic heterocycles. The molecule has 6 heteroatoms. The molecule has 2 aromatic rings. The maximum absolute atomic E-state index is 12.7. The van der Waals surface area contributed by atoms with E-state index in [4.69, 9.17) is 11.6 Å². The van der Waals surface area contributed by atoms with Crippen molar-refractivity contribution in [3.8, 4) is 0 Å². The number of hydrogen-bond acceptors (Lipinski definition) is 3. The normalized spacial score (nSPS) is 18.2. The van der Waals surface area contributed by atoms with Crippen molar-refractivity contribution in [2.75, 3.05) is 6.54 Å². The molecular formula is C15H17ClN4O. The average Bonchev–Trinajstić information content (AvgIpc) is 3.05. The van der Waals surface area contributed by atoms with Gasteiger partial charge in [-0.1, -0.05) is 17.7 Å². The summed E-state index contributed by atoms with van der Waals surface area (Å²) in [4.78, 5) is 18.7. The smallest absolute Gasteiger partial charge is 0.272 e. The molecular weight excluding hydrogens is 288 g/mol. The lowest BCUT2D eigenvalue weighted by atomic mass is 10.1. The van der Waals surface area contributed by atoms with Crippen molar-refractivity contribution in [2.45, 2.75) is 25.8 Å². The molecule has 1 fully saturated rings. The van der Waals surface area contributed by atoms with Crippen molar-refractivity contribution in [3.05, 3.63) is 46.5 Å². The van der Waals surface area contributed by atoms with E-state index in [-0.39, 0.29) is 11.9 Å². The van der Waals surface area contributed by atoms with Gasteiger partial charge in [0.25, 0.3) is 5.91 Å². The van der Waals surface area contributed by atoms with Crippen molar-refractivity contribution in [2.24, 2.45) is 7.05 Å². The molecule has 0 radical (unpaired) electrons. The summed E-state index contributed by atoms with van der Waals surface area (Å²) in [6.45, 7) is 2.66. The zero-order valence-corrected chi connectivity index (χ0v) is 12.8. The Hall–Kier alpha value is -1.88. The summed E-state index contributed by atoms with van der Waals surface area (Å²) in [6.07, 6.45) is 3.51. The maximum Gasteiger partial charge on any atom is 0.272 e. The van der Waals surface area contributed by atoms with E-state index >= 15 is 0 Å². The number of hydrogen-bond donors (Lipinski definition) is 0. The van der Waals surface area contributed by atoms with Gasteiger partial charge in [-0.25, -0.2) is 0 Å². The molecule has 0 aliphatic carbocycles. The predicted octanol–water partition coefficient (Wildman–Crippen LogP) is 2.75. The van der Waals surface area contributed by atoms with E-state index in [9.17, 15) is 4.79 Å². The SMILES string of the molecule is Cc1nn(C)c(Cl)c1C1CCCN1C(=O)c1ccccn1. The molecule has 5 nitrogen and oxygen atoms in total. The van der Waals surface area contributed by atoms with Crippen molar-refractivity contribution in [1.82, 2.24) is 19.7 Å². The highest BCUT2D eigenvalue weighted by atomic mass is 35.5. The van der Waals surface area contributed by atoms with Crippen LogP contribution in [-0.4, -0.2) is 32.1 Å². The van der Waals surface area contributed by atoms with Gasteiger partial charge in [0.1, 0.15) is 10.8 Å². The van der Waals surface area contributed by atoms with Gasteiger partial charge in [-0.3, -0.25) is 14.5 Å². The fourth-order valence-corrected chi connectivity index (χ4v) is 3.27. The largest absolute Gasteiger partial charge is 0.330 e. The van der Waals surface area contributed by atoms with Crippen molar-refractivity contribution in [1.29, 1.82) is 0 Å². The highest BCUT2D eigenvalue weighted by Crippen LogP contribution is 2.38. The monoisotopic (exact) mass is 304 g/mol. The minimum atomic E-state index is -0.0441. The molecule has 0 saturated carbocycles. The van der Waals surface area contributed by atoms with E-state index in [0.717, 1.165) is 30.6 Å². The maximum atomic E-state index is 12.7. The van der Waals surface area contributed by atoms with Crippen LogP contribution in [0.3, 0.4) is 0 Å². The number of rotatable bonds is 2. The Morgan fingerprint density at radius 1 is 1.43 bits per heavy atom. The van der Waals surface area contributed by atoms with Gasteiger partial charge in [0.15, 0.2) is 0 Å². The van der Waals surface area contributed by atoms with Gasteiger partial charge in [-0.05, 0) is 31.9 Å². The van der Waals surface area contributed by atoms with Crippen LogP contribution in [0, 0.1) is 6.92 Å². The molecule has 3 heterocycles. The van der Waals surface area contributed by atoms with E-state index in [1.807, 2.05) is 24.9 Å². The molecule has 110 valence electrons. The summed E-state index contributed by atoms with van der Waals surface area (Å²) in [7, 11) is 1.82. The minimum Gasteiger partial charge on any atom is -0.330 e. The second-order valence-corrected chi connectivity index (χ2v) is 5.64. The van der Waals surface area contributed by atoms with Crippen LogP contribution in [0.5, 0.6) is 0 Å². The number of carbonyl (C=O) groups excluding carboxylic acids is 1. The summed E-state index contributed by atoms with van der Waals surface area (Å²) in [6, 6.07) is 5.37. The standard InChI is InChI=1S/C15H17ClN4O/c1-10-13(14(16)19(2)18-10)12-7-5-9-20(12)15(21)11-6-3-4-8-17-11/h3-4,6,8,12H,5,7,9H2,1-2H3. The molecule has 3 rings (SSSR count). The van der Waals surface area contributed by atoms with E-state index in [2.05, 4.69) is 10.1 Å². The Morgan fingerprint density at radius 2 is 2.24 bits per heavy atom. The van der Waals surface area contributed by atoms with Crippen LogP contribution in [0.4, 0.5) is 0 Å². The first-order chi connectivity index (χ1) is 10.1. The Labute approximate surface area is 128 Å². The fourth-order valence-electron chi connectivity index (χ4n) is 2.97. The van der Waals surface area contributed by atoms with Crippen LogP contribution in [-0.2, 0) is 7.05 Å². The highest BCUT2D eigenvalue weighted by molar-refractivity contribution is 6.30. The Bertz CT molecular complexity index is 668. The third-order valence-electron chi connectivity index (χ3n) is 3.93. The second-order valence-electron chi connectivity index (χ2n) is 5.29. The number of aryl methyl sites for hydroxylation is 2. The van der Waals surface area contributed by atoms with Crippen LogP contribution >= 0.6 is 11.6 Å². The highest BCUT2D eigenvalue weighted by Gasteiger charge is 2.34. The van der Waals surface area contributed by atoms with E-state index in [1.165, 1.54) is 0 Å². The fraction of sp³-hybridized carbons (Fsp3) is 0.400. The summed E-state index contributed by atoms with van der Waals surface area (Å²) in [5.74, 6) is -0.0441. The van der Waals surface area contributed by atoms with Crippen LogP contribution in [0.25, 0.3) is 0 Å². The van der Waals surface area contributed by atoms with Gasteiger partial charge in [0.05, 0.1) is 11.7 Å². The minimum absolute atomic E-state index is 0.0132. The lowest BCUT2D eigenvalue weighted by Crippen LogP contribution is -2.31. The second kappa shape index (κ2) is 5.48. The average molecular weight is 305 g/mol. The van der Waals surface area contributed by atoms with Gasteiger partial charge < -0.3 is 4.90 Å². The quantitative estimate of drug-likeness (QED) is 0.857. The number of carbonyl (C=O) groups is 1. The summed E-state index contributed by atoms with van der Waals surface area (Å²) < 4.78 is 1.66.